The molecule has 0 aromatic heterocycles. The van der Waals surface area contributed by atoms with Gasteiger partial charge in [-0.05, 0) is 31.1 Å². The molecule has 2 atom stereocenters. The molecule has 0 spiro atoms. The molecule has 0 aliphatic carbocycles. The van der Waals surface area contributed by atoms with Gasteiger partial charge in [-0.1, -0.05) is 253 Å². The minimum Gasteiger partial charge on any atom is -0.462 e. The van der Waals surface area contributed by atoms with E-state index in [1.807, 2.05) is 0 Å². The zero-order valence-electron chi connectivity index (χ0n) is 40.4. The number of carbonyl (C=O) groups is 3. The average molecular weight is 835 g/mol. The van der Waals surface area contributed by atoms with E-state index in [9.17, 15) is 14.4 Å². The van der Waals surface area contributed by atoms with Crippen LogP contribution in [0.3, 0.4) is 0 Å². The Labute approximate surface area is 368 Å². The molecule has 6 nitrogen and oxygen atoms in total. The van der Waals surface area contributed by atoms with Crippen molar-refractivity contribution in [2.24, 2.45) is 11.8 Å². The highest BCUT2D eigenvalue weighted by Gasteiger charge is 2.19. The summed E-state index contributed by atoms with van der Waals surface area (Å²) >= 11 is 0. The summed E-state index contributed by atoms with van der Waals surface area (Å²) in [6.07, 6.45) is 46.5. The maximum atomic E-state index is 12.8. The second-order valence-electron chi connectivity index (χ2n) is 18.9. The van der Waals surface area contributed by atoms with Crippen LogP contribution in [0.2, 0.25) is 0 Å². The highest BCUT2D eigenvalue weighted by Crippen LogP contribution is 2.18. The van der Waals surface area contributed by atoms with E-state index < -0.39 is 6.10 Å². The number of esters is 3. The van der Waals surface area contributed by atoms with Crippen LogP contribution in [0.4, 0.5) is 0 Å². The smallest absolute Gasteiger partial charge is 0.306 e. The first-order chi connectivity index (χ1) is 28.8. The molecule has 0 rings (SSSR count). The number of rotatable bonds is 47. The molecular weight excluding hydrogens is 733 g/mol. The predicted octanol–water partition coefficient (Wildman–Crippen LogP) is 16.9. The molecule has 0 aromatic carbocycles. The standard InChI is InChI=1S/C53H102O6/c1-6-8-9-10-11-12-13-17-23-28-33-38-43-51(54)57-46-50(59-53(56)45-40-35-30-25-20-19-22-27-32-37-42-49(5)7-2)47-58-52(55)44-39-34-29-24-18-15-14-16-21-26-31-36-41-48(3)4/h48-50H,6-47H2,1-5H3/t49?,50-/m1/s1. The second-order valence-corrected chi connectivity index (χ2v) is 18.9. The largest absolute Gasteiger partial charge is 0.462 e. The molecule has 0 heterocycles. The van der Waals surface area contributed by atoms with Crippen molar-refractivity contribution in [3.63, 3.8) is 0 Å². The molecular formula is C53H102O6. The van der Waals surface area contributed by atoms with E-state index in [1.54, 1.807) is 0 Å². The fraction of sp³-hybridized carbons (Fsp3) is 0.943. The van der Waals surface area contributed by atoms with Crippen LogP contribution in [-0.4, -0.2) is 37.2 Å². The summed E-state index contributed by atoms with van der Waals surface area (Å²) in [5.74, 6) is 0.854. The van der Waals surface area contributed by atoms with Crippen molar-refractivity contribution in [3.8, 4) is 0 Å². The van der Waals surface area contributed by atoms with Gasteiger partial charge in [-0.15, -0.1) is 0 Å². The van der Waals surface area contributed by atoms with E-state index in [0.29, 0.717) is 19.3 Å². The molecule has 0 aliphatic heterocycles. The topological polar surface area (TPSA) is 78.9 Å². The Morgan fingerprint density at radius 2 is 0.644 bits per heavy atom. The Kier molecular flexibility index (Phi) is 44.7. The fourth-order valence-corrected chi connectivity index (χ4v) is 7.96. The lowest BCUT2D eigenvalue weighted by Gasteiger charge is -2.18. The zero-order chi connectivity index (χ0) is 43.3. The van der Waals surface area contributed by atoms with Gasteiger partial charge < -0.3 is 14.2 Å². The number of hydrogen-bond acceptors (Lipinski definition) is 6. The summed E-state index contributed by atoms with van der Waals surface area (Å²) in [5, 5.41) is 0. The molecule has 0 bridgehead atoms. The van der Waals surface area contributed by atoms with Crippen LogP contribution in [-0.2, 0) is 28.6 Å². The van der Waals surface area contributed by atoms with E-state index in [-0.39, 0.29) is 31.1 Å². The molecule has 6 heteroatoms. The molecule has 59 heavy (non-hydrogen) atoms. The van der Waals surface area contributed by atoms with Crippen molar-refractivity contribution in [1.82, 2.24) is 0 Å². The van der Waals surface area contributed by atoms with E-state index in [1.165, 1.54) is 180 Å². The van der Waals surface area contributed by atoms with Crippen molar-refractivity contribution in [1.29, 1.82) is 0 Å². The highest BCUT2D eigenvalue weighted by molar-refractivity contribution is 5.71. The lowest BCUT2D eigenvalue weighted by atomic mass is 9.99. The quantitative estimate of drug-likeness (QED) is 0.0345. The van der Waals surface area contributed by atoms with Gasteiger partial charge in [0.1, 0.15) is 13.2 Å². The van der Waals surface area contributed by atoms with Crippen LogP contribution in [0.15, 0.2) is 0 Å². The maximum Gasteiger partial charge on any atom is 0.306 e. The predicted molar refractivity (Wildman–Crippen MR) is 252 cm³/mol. The van der Waals surface area contributed by atoms with Crippen molar-refractivity contribution in [3.05, 3.63) is 0 Å². The molecule has 0 saturated heterocycles. The van der Waals surface area contributed by atoms with Crippen molar-refractivity contribution in [2.45, 2.75) is 298 Å². The summed E-state index contributed by atoms with van der Waals surface area (Å²) in [5.41, 5.74) is 0. The number of ether oxygens (including phenoxy) is 3. The number of unbranched alkanes of at least 4 members (excludes halogenated alkanes) is 31. The minimum absolute atomic E-state index is 0.0636. The molecule has 350 valence electrons. The van der Waals surface area contributed by atoms with E-state index >= 15 is 0 Å². The third kappa shape index (κ3) is 45.8. The summed E-state index contributed by atoms with van der Waals surface area (Å²) < 4.78 is 16.8. The summed E-state index contributed by atoms with van der Waals surface area (Å²) in [6.45, 7) is 11.4. The first-order valence-electron chi connectivity index (χ1n) is 26.3. The van der Waals surface area contributed by atoms with Crippen LogP contribution >= 0.6 is 0 Å². The molecule has 0 N–H and O–H groups in total. The van der Waals surface area contributed by atoms with Crippen LogP contribution in [0.1, 0.15) is 291 Å². The van der Waals surface area contributed by atoms with Gasteiger partial charge in [0.25, 0.3) is 0 Å². The Bertz CT molecular complexity index is 902. The molecule has 1 unspecified atom stereocenters. The van der Waals surface area contributed by atoms with E-state index in [4.69, 9.17) is 14.2 Å². The van der Waals surface area contributed by atoms with Crippen LogP contribution in [0.25, 0.3) is 0 Å². The monoisotopic (exact) mass is 835 g/mol. The van der Waals surface area contributed by atoms with Crippen molar-refractivity contribution >= 4 is 17.9 Å². The van der Waals surface area contributed by atoms with Gasteiger partial charge in [0.2, 0.25) is 0 Å². The van der Waals surface area contributed by atoms with Gasteiger partial charge in [-0.3, -0.25) is 14.4 Å². The molecule has 0 fully saturated rings. The van der Waals surface area contributed by atoms with Crippen LogP contribution in [0.5, 0.6) is 0 Å². The van der Waals surface area contributed by atoms with Crippen molar-refractivity contribution in [2.75, 3.05) is 13.2 Å². The lowest BCUT2D eigenvalue weighted by Crippen LogP contribution is -2.30. The number of carbonyl (C=O) groups excluding carboxylic acids is 3. The third-order valence-corrected chi connectivity index (χ3v) is 12.3. The second kappa shape index (κ2) is 45.9. The van der Waals surface area contributed by atoms with Gasteiger partial charge in [-0.25, -0.2) is 0 Å². The highest BCUT2D eigenvalue weighted by atomic mass is 16.6. The summed E-state index contributed by atoms with van der Waals surface area (Å²) in [6, 6.07) is 0. The molecule has 0 radical (unpaired) electrons. The molecule has 0 aromatic rings. The summed E-state index contributed by atoms with van der Waals surface area (Å²) in [7, 11) is 0. The molecule has 0 amide bonds. The van der Waals surface area contributed by atoms with Gasteiger partial charge >= 0.3 is 17.9 Å². The van der Waals surface area contributed by atoms with Crippen LogP contribution in [0, 0.1) is 11.8 Å². The van der Waals surface area contributed by atoms with Crippen LogP contribution < -0.4 is 0 Å². The Morgan fingerprint density at radius 3 is 0.966 bits per heavy atom. The van der Waals surface area contributed by atoms with Gasteiger partial charge in [0.05, 0.1) is 0 Å². The summed E-state index contributed by atoms with van der Waals surface area (Å²) in [4.78, 5) is 38.0. The third-order valence-electron chi connectivity index (χ3n) is 12.3. The molecule has 0 aliphatic rings. The normalized spacial score (nSPS) is 12.5. The van der Waals surface area contributed by atoms with Gasteiger partial charge in [-0.2, -0.15) is 0 Å². The average Bonchev–Trinajstić information content (AvgIpc) is 3.22. The first kappa shape index (κ1) is 57.4. The Balaban J connectivity index is 4.32. The van der Waals surface area contributed by atoms with Crippen molar-refractivity contribution < 1.29 is 28.6 Å². The fourth-order valence-electron chi connectivity index (χ4n) is 7.96. The van der Waals surface area contributed by atoms with Gasteiger partial charge in [0.15, 0.2) is 6.10 Å². The van der Waals surface area contributed by atoms with Gasteiger partial charge in [0, 0.05) is 19.3 Å². The zero-order valence-corrected chi connectivity index (χ0v) is 40.4. The van der Waals surface area contributed by atoms with E-state index in [2.05, 4.69) is 34.6 Å². The first-order valence-corrected chi connectivity index (χ1v) is 26.3. The SMILES string of the molecule is CCCCCCCCCCCCCCC(=O)OC[C@H](COC(=O)CCCCCCCCCCCCCCC(C)C)OC(=O)CCCCCCCCCCCCC(C)CC. The molecule has 0 saturated carbocycles. The lowest BCUT2D eigenvalue weighted by molar-refractivity contribution is -0.167. The Hall–Kier alpha value is -1.59. The minimum atomic E-state index is -0.761. The maximum absolute atomic E-state index is 12.8. The van der Waals surface area contributed by atoms with E-state index in [0.717, 1.165) is 69.6 Å². The number of hydrogen-bond donors (Lipinski definition) is 0. The Morgan fingerprint density at radius 1 is 0.356 bits per heavy atom.